The van der Waals surface area contributed by atoms with Crippen molar-refractivity contribution in [2.24, 2.45) is 5.92 Å². The van der Waals surface area contributed by atoms with Gasteiger partial charge >= 0.3 is 0 Å². The van der Waals surface area contributed by atoms with Gasteiger partial charge in [0.1, 0.15) is 0 Å². The number of nitrogens with zero attached hydrogens (tertiary/aromatic N) is 2. The number of benzene rings is 1. The van der Waals surface area contributed by atoms with Gasteiger partial charge in [0.05, 0.1) is 11.0 Å². The number of aryl methyl sites for hydroxylation is 1. The topological polar surface area (TPSA) is 43.8 Å². The molecule has 1 atom stereocenters. The standard InChI is InChI=1S/C16H25N3/c1-4-6-7-13(5-2)11-19-15-9-8-12(3)10-14(15)18-16(19)17/h8-10,13H,4-7,11H2,1-3H3,(H2,17,18). The Labute approximate surface area is 115 Å². The van der Waals surface area contributed by atoms with Crippen molar-refractivity contribution in [1.82, 2.24) is 9.55 Å². The predicted octanol–water partition coefficient (Wildman–Crippen LogP) is 4.14. The summed E-state index contributed by atoms with van der Waals surface area (Å²) >= 11 is 0. The molecule has 1 unspecified atom stereocenters. The second-order valence-corrected chi connectivity index (χ2v) is 5.49. The normalized spacial score (nSPS) is 13.0. The third kappa shape index (κ3) is 3.09. The zero-order chi connectivity index (χ0) is 13.8. The molecule has 2 rings (SSSR count). The molecule has 1 aromatic carbocycles. The lowest BCUT2D eigenvalue weighted by atomic mass is 9.99. The molecule has 0 aliphatic carbocycles. The highest BCUT2D eigenvalue weighted by Crippen LogP contribution is 2.23. The van der Waals surface area contributed by atoms with Gasteiger partial charge in [0.25, 0.3) is 0 Å². The van der Waals surface area contributed by atoms with Crippen molar-refractivity contribution in [2.45, 2.75) is 53.0 Å². The molecule has 0 radical (unpaired) electrons. The summed E-state index contributed by atoms with van der Waals surface area (Å²) in [5.41, 5.74) is 9.50. The van der Waals surface area contributed by atoms with Crippen molar-refractivity contribution in [3.63, 3.8) is 0 Å². The molecule has 2 aromatic rings. The van der Waals surface area contributed by atoms with E-state index in [9.17, 15) is 0 Å². The smallest absolute Gasteiger partial charge is 0.201 e. The molecule has 1 heterocycles. The molecule has 19 heavy (non-hydrogen) atoms. The fraction of sp³-hybridized carbons (Fsp3) is 0.562. The van der Waals surface area contributed by atoms with Crippen LogP contribution in [0.4, 0.5) is 5.95 Å². The molecule has 3 heteroatoms. The molecule has 0 fully saturated rings. The molecule has 0 aliphatic rings. The molecule has 0 bridgehead atoms. The molecule has 0 saturated carbocycles. The lowest BCUT2D eigenvalue weighted by Gasteiger charge is -2.16. The van der Waals surface area contributed by atoms with Gasteiger partial charge in [-0.1, -0.05) is 39.2 Å². The van der Waals surface area contributed by atoms with Gasteiger partial charge in [-0.05, 0) is 37.0 Å². The molecule has 1 aromatic heterocycles. The van der Waals surface area contributed by atoms with E-state index in [1.807, 2.05) is 0 Å². The third-order valence-corrected chi connectivity index (χ3v) is 3.92. The number of hydrogen-bond donors (Lipinski definition) is 1. The first-order valence-corrected chi connectivity index (χ1v) is 7.38. The number of hydrogen-bond acceptors (Lipinski definition) is 2. The maximum absolute atomic E-state index is 6.09. The number of fused-ring (bicyclic) bond motifs is 1. The summed E-state index contributed by atoms with van der Waals surface area (Å²) in [4.78, 5) is 4.48. The minimum atomic E-state index is 0.649. The Kier molecular flexibility index (Phi) is 4.46. The van der Waals surface area contributed by atoms with Gasteiger partial charge in [0, 0.05) is 6.54 Å². The van der Waals surface area contributed by atoms with Crippen molar-refractivity contribution >= 4 is 17.0 Å². The summed E-state index contributed by atoms with van der Waals surface area (Å²) in [5, 5.41) is 0. The van der Waals surface area contributed by atoms with Crippen LogP contribution >= 0.6 is 0 Å². The Balaban J connectivity index is 2.26. The Morgan fingerprint density at radius 2 is 2.11 bits per heavy atom. The average Bonchev–Trinajstić information content (AvgIpc) is 2.69. The molecule has 0 saturated heterocycles. The molecule has 0 aliphatic heterocycles. The number of anilines is 1. The second-order valence-electron chi connectivity index (χ2n) is 5.49. The van der Waals surface area contributed by atoms with E-state index >= 15 is 0 Å². The molecular weight excluding hydrogens is 234 g/mol. The average molecular weight is 259 g/mol. The van der Waals surface area contributed by atoms with Gasteiger partial charge in [0.15, 0.2) is 0 Å². The SMILES string of the molecule is CCCCC(CC)Cn1c(N)nc2cc(C)ccc21. The van der Waals surface area contributed by atoms with E-state index in [1.54, 1.807) is 0 Å². The maximum Gasteiger partial charge on any atom is 0.201 e. The van der Waals surface area contributed by atoms with Crippen molar-refractivity contribution < 1.29 is 0 Å². The van der Waals surface area contributed by atoms with Crippen molar-refractivity contribution in [3.8, 4) is 0 Å². The highest BCUT2D eigenvalue weighted by molar-refractivity contribution is 5.79. The summed E-state index contributed by atoms with van der Waals surface area (Å²) in [6.45, 7) is 7.59. The van der Waals surface area contributed by atoms with Crippen LogP contribution in [0.15, 0.2) is 18.2 Å². The minimum absolute atomic E-state index is 0.649. The number of nitrogens with two attached hydrogens (primary N) is 1. The van der Waals surface area contributed by atoms with Crippen LogP contribution in [0.2, 0.25) is 0 Å². The Morgan fingerprint density at radius 1 is 1.32 bits per heavy atom. The van der Waals surface area contributed by atoms with Crippen LogP contribution in [0.3, 0.4) is 0 Å². The quantitative estimate of drug-likeness (QED) is 0.847. The zero-order valence-corrected chi connectivity index (χ0v) is 12.3. The lowest BCUT2D eigenvalue weighted by molar-refractivity contribution is 0.398. The van der Waals surface area contributed by atoms with Crippen LogP contribution in [0.25, 0.3) is 11.0 Å². The summed E-state index contributed by atoms with van der Waals surface area (Å²) in [6.07, 6.45) is 5.03. The molecule has 104 valence electrons. The first-order chi connectivity index (χ1) is 9.15. The Bertz CT molecular complexity index is 542. The number of rotatable bonds is 6. The van der Waals surface area contributed by atoms with E-state index in [1.165, 1.54) is 31.2 Å². The summed E-state index contributed by atoms with van der Waals surface area (Å²) in [5.74, 6) is 1.34. The number of unbranched alkanes of at least 4 members (excludes halogenated alkanes) is 1. The van der Waals surface area contributed by atoms with Gasteiger partial charge < -0.3 is 10.3 Å². The van der Waals surface area contributed by atoms with Crippen LogP contribution in [0.1, 0.15) is 45.1 Å². The minimum Gasteiger partial charge on any atom is -0.369 e. The van der Waals surface area contributed by atoms with E-state index < -0.39 is 0 Å². The van der Waals surface area contributed by atoms with Crippen LogP contribution < -0.4 is 5.73 Å². The highest BCUT2D eigenvalue weighted by Gasteiger charge is 2.13. The number of imidazole rings is 1. The van der Waals surface area contributed by atoms with Crippen LogP contribution in [0, 0.1) is 12.8 Å². The van der Waals surface area contributed by atoms with E-state index in [0.717, 1.165) is 17.6 Å². The third-order valence-electron chi connectivity index (χ3n) is 3.92. The molecule has 0 amide bonds. The molecular formula is C16H25N3. The fourth-order valence-electron chi connectivity index (χ4n) is 2.63. The number of nitrogen functional groups attached to an aromatic ring is 1. The van der Waals surface area contributed by atoms with Crippen molar-refractivity contribution in [3.05, 3.63) is 23.8 Å². The summed E-state index contributed by atoms with van der Waals surface area (Å²) in [6, 6.07) is 6.38. The predicted molar refractivity (Wildman–Crippen MR) is 82.2 cm³/mol. The van der Waals surface area contributed by atoms with Gasteiger partial charge in [-0.2, -0.15) is 0 Å². The second kappa shape index (κ2) is 6.09. The Hall–Kier alpha value is -1.51. The van der Waals surface area contributed by atoms with Crippen LogP contribution in [0.5, 0.6) is 0 Å². The van der Waals surface area contributed by atoms with Gasteiger partial charge in [0.2, 0.25) is 5.95 Å². The highest BCUT2D eigenvalue weighted by atomic mass is 15.2. The van der Waals surface area contributed by atoms with E-state index in [-0.39, 0.29) is 0 Å². The Morgan fingerprint density at radius 3 is 2.79 bits per heavy atom. The maximum atomic E-state index is 6.09. The van der Waals surface area contributed by atoms with Gasteiger partial charge in [-0.25, -0.2) is 4.98 Å². The van der Waals surface area contributed by atoms with E-state index in [2.05, 4.69) is 48.5 Å². The summed E-state index contributed by atoms with van der Waals surface area (Å²) < 4.78 is 2.18. The molecule has 2 N–H and O–H groups in total. The lowest BCUT2D eigenvalue weighted by Crippen LogP contribution is -2.12. The molecule has 0 spiro atoms. The van der Waals surface area contributed by atoms with Crippen molar-refractivity contribution in [1.29, 1.82) is 0 Å². The van der Waals surface area contributed by atoms with Crippen LogP contribution in [-0.2, 0) is 6.54 Å². The largest absolute Gasteiger partial charge is 0.369 e. The monoisotopic (exact) mass is 259 g/mol. The fourth-order valence-corrected chi connectivity index (χ4v) is 2.63. The van der Waals surface area contributed by atoms with Gasteiger partial charge in [-0.15, -0.1) is 0 Å². The first kappa shape index (κ1) is 13.9. The van der Waals surface area contributed by atoms with Crippen molar-refractivity contribution in [2.75, 3.05) is 5.73 Å². The van der Waals surface area contributed by atoms with E-state index in [4.69, 9.17) is 5.73 Å². The zero-order valence-electron chi connectivity index (χ0n) is 12.3. The van der Waals surface area contributed by atoms with Gasteiger partial charge in [-0.3, -0.25) is 0 Å². The first-order valence-electron chi connectivity index (χ1n) is 7.38. The van der Waals surface area contributed by atoms with E-state index in [0.29, 0.717) is 11.9 Å². The molecule has 3 nitrogen and oxygen atoms in total. The number of aromatic nitrogens is 2. The van der Waals surface area contributed by atoms with Crippen LogP contribution in [-0.4, -0.2) is 9.55 Å². The summed E-state index contributed by atoms with van der Waals surface area (Å²) in [7, 11) is 0.